The highest BCUT2D eigenvalue weighted by atomic mass is 35.5. The molecule has 0 aliphatic carbocycles. The molecule has 6 heteroatoms. The van der Waals surface area contributed by atoms with E-state index in [9.17, 15) is 13.6 Å². The van der Waals surface area contributed by atoms with Gasteiger partial charge in [0, 0.05) is 5.02 Å². The Kier molecular flexibility index (Phi) is 3.60. The minimum absolute atomic E-state index is 0.106. The molecule has 1 aromatic rings. The zero-order valence-electron chi connectivity index (χ0n) is 7.76. The number of ether oxygens (including phenoxy) is 1. The van der Waals surface area contributed by atoms with Crippen LogP contribution in [0.4, 0.5) is 8.78 Å². The molecule has 2 N–H and O–H groups in total. The van der Waals surface area contributed by atoms with Gasteiger partial charge < -0.3 is 10.5 Å². The first-order chi connectivity index (χ1) is 6.97. The van der Waals surface area contributed by atoms with Gasteiger partial charge in [0.05, 0.1) is 12.7 Å². The molecule has 82 valence electrons. The topological polar surface area (TPSA) is 52.3 Å². The van der Waals surface area contributed by atoms with Gasteiger partial charge in [0.15, 0.2) is 0 Å². The van der Waals surface area contributed by atoms with Gasteiger partial charge >= 0.3 is 5.97 Å². The van der Waals surface area contributed by atoms with Crippen LogP contribution in [-0.2, 0) is 9.53 Å². The van der Waals surface area contributed by atoms with Crippen LogP contribution in [0.2, 0.25) is 5.02 Å². The summed E-state index contributed by atoms with van der Waals surface area (Å²) >= 11 is 5.40. The SMILES string of the molecule is COC(=O)[C@@H](N)c1c(F)cc(Cl)cc1F. The molecule has 0 aromatic heterocycles. The van der Waals surface area contributed by atoms with Gasteiger partial charge in [0.1, 0.15) is 17.7 Å². The van der Waals surface area contributed by atoms with Crippen LogP contribution >= 0.6 is 11.6 Å². The number of carbonyl (C=O) groups is 1. The third kappa shape index (κ3) is 2.43. The van der Waals surface area contributed by atoms with Crippen molar-refractivity contribution in [3.63, 3.8) is 0 Å². The molecule has 0 bridgehead atoms. The van der Waals surface area contributed by atoms with Crippen molar-refractivity contribution in [3.05, 3.63) is 34.4 Å². The van der Waals surface area contributed by atoms with Gasteiger partial charge in [-0.3, -0.25) is 4.79 Å². The molecule has 0 saturated heterocycles. The maximum Gasteiger partial charge on any atom is 0.327 e. The highest BCUT2D eigenvalue weighted by molar-refractivity contribution is 6.30. The predicted octanol–water partition coefficient (Wildman–Crippen LogP) is 1.79. The summed E-state index contributed by atoms with van der Waals surface area (Å²) in [5, 5.41) is -0.106. The fraction of sp³-hybridized carbons (Fsp3) is 0.222. The molecule has 1 atom stereocenters. The van der Waals surface area contributed by atoms with E-state index >= 15 is 0 Å². The number of hydrogen-bond donors (Lipinski definition) is 1. The van der Waals surface area contributed by atoms with Crippen LogP contribution < -0.4 is 5.73 Å². The Labute approximate surface area is 89.8 Å². The van der Waals surface area contributed by atoms with Crippen LogP contribution in [0, 0.1) is 11.6 Å². The van der Waals surface area contributed by atoms with Crippen molar-refractivity contribution in [1.82, 2.24) is 0 Å². The maximum absolute atomic E-state index is 13.2. The second kappa shape index (κ2) is 4.55. The number of methoxy groups -OCH3 is 1. The minimum Gasteiger partial charge on any atom is -0.468 e. The van der Waals surface area contributed by atoms with Crippen LogP contribution in [0.25, 0.3) is 0 Å². The number of benzene rings is 1. The molecule has 1 rings (SSSR count). The highest BCUT2D eigenvalue weighted by Gasteiger charge is 2.24. The monoisotopic (exact) mass is 235 g/mol. The number of carbonyl (C=O) groups excluding carboxylic acids is 1. The molecular weight excluding hydrogens is 228 g/mol. The minimum atomic E-state index is -1.49. The summed E-state index contributed by atoms with van der Waals surface area (Å²) in [6.07, 6.45) is 0. The van der Waals surface area contributed by atoms with E-state index in [4.69, 9.17) is 17.3 Å². The highest BCUT2D eigenvalue weighted by Crippen LogP contribution is 2.23. The number of rotatable bonds is 2. The van der Waals surface area contributed by atoms with Gasteiger partial charge in [-0.05, 0) is 12.1 Å². The van der Waals surface area contributed by atoms with Gasteiger partial charge in [-0.15, -0.1) is 0 Å². The van der Waals surface area contributed by atoms with E-state index < -0.39 is 29.2 Å². The molecule has 0 aliphatic rings. The summed E-state index contributed by atoms with van der Waals surface area (Å²) in [4.78, 5) is 11.0. The van der Waals surface area contributed by atoms with Crippen LogP contribution in [-0.4, -0.2) is 13.1 Å². The third-order valence-corrected chi connectivity index (χ3v) is 2.03. The Hall–Kier alpha value is -1.20. The van der Waals surface area contributed by atoms with Gasteiger partial charge in [-0.25, -0.2) is 8.78 Å². The summed E-state index contributed by atoms with van der Waals surface area (Å²) < 4.78 is 30.8. The fourth-order valence-electron chi connectivity index (χ4n) is 1.10. The van der Waals surface area contributed by atoms with E-state index in [1.54, 1.807) is 0 Å². The largest absolute Gasteiger partial charge is 0.468 e. The van der Waals surface area contributed by atoms with Gasteiger partial charge in [0.25, 0.3) is 0 Å². The molecule has 0 heterocycles. The quantitative estimate of drug-likeness (QED) is 0.795. The van der Waals surface area contributed by atoms with Crippen LogP contribution in [0.3, 0.4) is 0 Å². The van der Waals surface area contributed by atoms with Gasteiger partial charge in [-0.1, -0.05) is 11.6 Å². The molecule has 0 aliphatic heterocycles. The van der Waals surface area contributed by atoms with E-state index in [1.807, 2.05) is 0 Å². The second-order valence-electron chi connectivity index (χ2n) is 2.78. The zero-order chi connectivity index (χ0) is 11.6. The van der Waals surface area contributed by atoms with Gasteiger partial charge in [0.2, 0.25) is 0 Å². The van der Waals surface area contributed by atoms with E-state index in [0.29, 0.717) is 0 Å². The summed E-state index contributed by atoms with van der Waals surface area (Å²) in [7, 11) is 1.08. The second-order valence-corrected chi connectivity index (χ2v) is 3.22. The Morgan fingerprint density at radius 2 is 1.93 bits per heavy atom. The van der Waals surface area contributed by atoms with Gasteiger partial charge in [-0.2, -0.15) is 0 Å². The average Bonchev–Trinajstić information content (AvgIpc) is 2.14. The summed E-state index contributed by atoms with van der Waals surface area (Å²) in [5.74, 6) is -2.87. The Morgan fingerprint density at radius 3 is 2.33 bits per heavy atom. The van der Waals surface area contributed by atoms with Crippen molar-refractivity contribution in [2.24, 2.45) is 5.73 Å². The maximum atomic E-state index is 13.2. The molecule has 0 saturated carbocycles. The first-order valence-electron chi connectivity index (χ1n) is 3.95. The smallest absolute Gasteiger partial charge is 0.327 e. The molecule has 15 heavy (non-hydrogen) atoms. The summed E-state index contributed by atoms with van der Waals surface area (Å²) in [6, 6.07) is 0.262. The average molecular weight is 236 g/mol. The van der Waals surface area contributed by atoms with E-state index in [0.717, 1.165) is 19.2 Å². The van der Waals surface area contributed by atoms with E-state index in [-0.39, 0.29) is 5.02 Å². The molecule has 0 spiro atoms. The van der Waals surface area contributed by atoms with Crippen molar-refractivity contribution in [2.75, 3.05) is 7.11 Å². The molecule has 0 amide bonds. The Morgan fingerprint density at radius 1 is 1.47 bits per heavy atom. The zero-order valence-corrected chi connectivity index (χ0v) is 8.52. The van der Waals surface area contributed by atoms with Crippen molar-refractivity contribution in [3.8, 4) is 0 Å². The van der Waals surface area contributed by atoms with Crippen molar-refractivity contribution in [2.45, 2.75) is 6.04 Å². The molecular formula is C9H8ClF2NO2. The van der Waals surface area contributed by atoms with Crippen LogP contribution in [0.15, 0.2) is 12.1 Å². The van der Waals surface area contributed by atoms with Crippen molar-refractivity contribution in [1.29, 1.82) is 0 Å². The van der Waals surface area contributed by atoms with E-state index in [1.165, 1.54) is 0 Å². The Balaban J connectivity index is 3.19. The molecule has 0 radical (unpaired) electrons. The summed E-state index contributed by atoms with van der Waals surface area (Å²) in [5.41, 5.74) is 4.75. The third-order valence-electron chi connectivity index (χ3n) is 1.81. The molecule has 0 unspecified atom stereocenters. The fourth-order valence-corrected chi connectivity index (χ4v) is 1.29. The van der Waals surface area contributed by atoms with Crippen molar-refractivity contribution < 1.29 is 18.3 Å². The lowest BCUT2D eigenvalue weighted by atomic mass is 10.1. The normalized spacial score (nSPS) is 12.3. The van der Waals surface area contributed by atoms with Crippen LogP contribution in [0.1, 0.15) is 11.6 Å². The standard InChI is InChI=1S/C9H8ClF2NO2/c1-15-9(14)8(13)7-5(11)2-4(10)3-6(7)12/h2-3,8H,13H2,1H3/t8-/m0/s1. The number of halogens is 3. The summed E-state index contributed by atoms with van der Waals surface area (Å²) in [6.45, 7) is 0. The first-order valence-corrected chi connectivity index (χ1v) is 4.33. The predicted molar refractivity (Wildman–Crippen MR) is 50.3 cm³/mol. The van der Waals surface area contributed by atoms with Crippen LogP contribution in [0.5, 0.6) is 0 Å². The molecule has 1 aromatic carbocycles. The molecule has 3 nitrogen and oxygen atoms in total. The lowest BCUT2D eigenvalue weighted by Gasteiger charge is -2.11. The number of nitrogens with two attached hydrogens (primary N) is 1. The number of hydrogen-bond acceptors (Lipinski definition) is 3. The van der Waals surface area contributed by atoms with E-state index in [2.05, 4.69) is 4.74 Å². The first kappa shape index (κ1) is 11.9. The number of esters is 1. The lowest BCUT2D eigenvalue weighted by Crippen LogP contribution is -2.24. The Bertz CT molecular complexity index is 375. The van der Waals surface area contributed by atoms with Crippen molar-refractivity contribution >= 4 is 17.6 Å². The lowest BCUT2D eigenvalue weighted by molar-refractivity contribution is -0.142. The molecule has 0 fully saturated rings.